The molecule has 2 N–H and O–H groups in total. The molecule has 0 bridgehead atoms. The smallest absolute Gasteiger partial charge is 0.267 e. The van der Waals surface area contributed by atoms with Crippen LogP contribution < -0.4 is 10.6 Å². The molecule has 156 valence electrons. The minimum absolute atomic E-state index is 0.0316. The lowest BCUT2D eigenvalue weighted by atomic mass is 9.81. The third-order valence-electron chi connectivity index (χ3n) is 5.46. The summed E-state index contributed by atoms with van der Waals surface area (Å²) >= 11 is 2.73. The molecule has 3 aromatic rings. The summed E-state index contributed by atoms with van der Waals surface area (Å²) in [6.45, 7) is 0. The van der Waals surface area contributed by atoms with Gasteiger partial charge in [-0.05, 0) is 35.8 Å². The molecule has 5 nitrogen and oxygen atoms in total. The maximum atomic E-state index is 12.8. The predicted octanol–water partition coefficient (Wildman–Crippen LogP) is 5.44. The Labute approximate surface area is 184 Å². The molecular weight excluding hydrogens is 414 g/mol. The highest BCUT2D eigenvalue weighted by Crippen LogP contribution is 2.34. The van der Waals surface area contributed by atoms with E-state index in [9.17, 15) is 9.59 Å². The number of thiophene rings is 1. The second-order valence-electron chi connectivity index (χ2n) is 7.61. The Hall–Kier alpha value is -2.51. The van der Waals surface area contributed by atoms with Gasteiger partial charge in [-0.3, -0.25) is 14.9 Å². The Morgan fingerprint density at radius 1 is 1.03 bits per heavy atom. The SMILES string of the molecule is O=C(Cc1csc(NC(=O)c2cccs2)n1)NC(c1ccccc1)C1CCCCC1. The van der Waals surface area contributed by atoms with Crippen molar-refractivity contribution in [2.45, 2.75) is 44.6 Å². The van der Waals surface area contributed by atoms with E-state index in [4.69, 9.17) is 0 Å². The van der Waals surface area contributed by atoms with Crippen molar-refractivity contribution in [1.29, 1.82) is 0 Å². The van der Waals surface area contributed by atoms with Crippen molar-refractivity contribution in [3.63, 3.8) is 0 Å². The van der Waals surface area contributed by atoms with E-state index in [1.54, 1.807) is 6.07 Å². The van der Waals surface area contributed by atoms with E-state index in [-0.39, 0.29) is 24.3 Å². The van der Waals surface area contributed by atoms with Gasteiger partial charge in [-0.15, -0.1) is 22.7 Å². The lowest BCUT2D eigenvalue weighted by Crippen LogP contribution is -2.35. The van der Waals surface area contributed by atoms with Crippen LogP contribution in [-0.2, 0) is 11.2 Å². The average Bonchev–Trinajstić information content (AvgIpc) is 3.46. The van der Waals surface area contributed by atoms with Crippen molar-refractivity contribution in [1.82, 2.24) is 10.3 Å². The van der Waals surface area contributed by atoms with Crippen molar-refractivity contribution in [3.8, 4) is 0 Å². The molecule has 30 heavy (non-hydrogen) atoms. The van der Waals surface area contributed by atoms with Crippen LogP contribution in [0.3, 0.4) is 0 Å². The number of carbonyl (C=O) groups excluding carboxylic acids is 2. The molecule has 2 amide bonds. The molecule has 0 spiro atoms. The second kappa shape index (κ2) is 10.00. The van der Waals surface area contributed by atoms with Crippen LogP contribution in [0.25, 0.3) is 0 Å². The van der Waals surface area contributed by atoms with Crippen molar-refractivity contribution >= 4 is 39.6 Å². The predicted molar refractivity (Wildman–Crippen MR) is 122 cm³/mol. The number of amides is 2. The van der Waals surface area contributed by atoms with Crippen LogP contribution in [0, 0.1) is 5.92 Å². The lowest BCUT2D eigenvalue weighted by Gasteiger charge is -2.31. The van der Waals surface area contributed by atoms with Crippen molar-refractivity contribution < 1.29 is 9.59 Å². The van der Waals surface area contributed by atoms with Crippen LogP contribution >= 0.6 is 22.7 Å². The number of aromatic nitrogens is 1. The van der Waals surface area contributed by atoms with Gasteiger partial charge < -0.3 is 5.32 Å². The number of hydrogen-bond acceptors (Lipinski definition) is 5. The number of nitrogens with zero attached hydrogens (tertiary/aromatic N) is 1. The van der Waals surface area contributed by atoms with E-state index in [1.165, 1.54) is 47.5 Å². The molecule has 2 aromatic heterocycles. The number of rotatable bonds is 7. The minimum Gasteiger partial charge on any atom is -0.349 e. The van der Waals surface area contributed by atoms with Gasteiger partial charge in [0.1, 0.15) is 0 Å². The molecule has 1 aliphatic rings. The van der Waals surface area contributed by atoms with E-state index >= 15 is 0 Å². The first-order valence-corrected chi connectivity index (χ1v) is 12.1. The lowest BCUT2D eigenvalue weighted by molar-refractivity contribution is -0.121. The summed E-state index contributed by atoms with van der Waals surface area (Å²) in [5.74, 6) is 0.272. The second-order valence-corrected chi connectivity index (χ2v) is 9.41. The van der Waals surface area contributed by atoms with E-state index < -0.39 is 0 Å². The van der Waals surface area contributed by atoms with Crippen LogP contribution in [0.4, 0.5) is 5.13 Å². The number of thiazole rings is 1. The zero-order chi connectivity index (χ0) is 20.8. The monoisotopic (exact) mass is 439 g/mol. The Morgan fingerprint density at radius 2 is 1.83 bits per heavy atom. The molecule has 1 fully saturated rings. The van der Waals surface area contributed by atoms with Gasteiger partial charge in [-0.1, -0.05) is 55.7 Å². The average molecular weight is 440 g/mol. The van der Waals surface area contributed by atoms with Gasteiger partial charge in [0, 0.05) is 5.38 Å². The van der Waals surface area contributed by atoms with Crippen LogP contribution in [0.5, 0.6) is 0 Å². The molecule has 2 heterocycles. The topological polar surface area (TPSA) is 71.1 Å². The van der Waals surface area contributed by atoms with E-state index in [0.717, 1.165) is 12.8 Å². The molecule has 1 atom stereocenters. The Balaban J connectivity index is 1.39. The molecule has 7 heteroatoms. The summed E-state index contributed by atoms with van der Waals surface area (Å²) in [5.41, 5.74) is 1.84. The Kier molecular flexibility index (Phi) is 6.92. The molecule has 4 rings (SSSR count). The fraction of sp³-hybridized carbons (Fsp3) is 0.348. The molecule has 1 unspecified atom stereocenters. The summed E-state index contributed by atoms with van der Waals surface area (Å²) in [5, 5.41) is 10.3. The van der Waals surface area contributed by atoms with E-state index in [2.05, 4.69) is 27.8 Å². The molecule has 1 aliphatic carbocycles. The van der Waals surface area contributed by atoms with E-state index in [1.807, 2.05) is 35.0 Å². The molecule has 0 radical (unpaired) electrons. The standard InChI is InChI=1S/C23H25N3O2S2/c27-20(14-18-15-30-23(24-18)26-22(28)19-12-7-13-29-19)25-21(16-8-3-1-4-9-16)17-10-5-2-6-11-17/h1,3-4,7-9,12-13,15,17,21H,2,5-6,10-11,14H2,(H,25,27)(H,24,26,28). The van der Waals surface area contributed by atoms with Crippen molar-refractivity contribution in [2.75, 3.05) is 5.32 Å². The van der Waals surface area contributed by atoms with Gasteiger partial charge in [0.25, 0.3) is 5.91 Å². The van der Waals surface area contributed by atoms with Crippen molar-refractivity contribution in [2.24, 2.45) is 5.92 Å². The number of nitrogens with one attached hydrogen (secondary N) is 2. The van der Waals surface area contributed by atoms with Gasteiger partial charge in [0.2, 0.25) is 5.91 Å². The maximum Gasteiger partial charge on any atom is 0.267 e. The van der Waals surface area contributed by atoms with Crippen LogP contribution in [0.1, 0.15) is 59.1 Å². The van der Waals surface area contributed by atoms with Gasteiger partial charge in [0.15, 0.2) is 5.13 Å². The van der Waals surface area contributed by atoms with Gasteiger partial charge >= 0.3 is 0 Å². The first-order chi connectivity index (χ1) is 14.7. The normalized spacial score (nSPS) is 15.5. The Morgan fingerprint density at radius 3 is 2.57 bits per heavy atom. The Bertz CT molecular complexity index is 964. The highest BCUT2D eigenvalue weighted by molar-refractivity contribution is 7.14. The minimum atomic E-state index is -0.170. The number of benzene rings is 1. The first-order valence-electron chi connectivity index (χ1n) is 10.3. The fourth-order valence-electron chi connectivity index (χ4n) is 4.00. The summed E-state index contributed by atoms with van der Waals surface area (Å²) in [4.78, 5) is 30.1. The first kappa shape index (κ1) is 20.8. The molecule has 0 saturated heterocycles. The zero-order valence-corrected chi connectivity index (χ0v) is 18.3. The molecule has 1 saturated carbocycles. The van der Waals surface area contributed by atoms with Crippen LogP contribution in [-0.4, -0.2) is 16.8 Å². The van der Waals surface area contributed by atoms with Crippen LogP contribution in [0.15, 0.2) is 53.2 Å². The molecule has 1 aromatic carbocycles. The summed E-state index contributed by atoms with van der Waals surface area (Å²) in [7, 11) is 0. The molecular formula is C23H25N3O2S2. The number of carbonyl (C=O) groups is 2. The summed E-state index contributed by atoms with van der Waals surface area (Å²) < 4.78 is 0. The number of hydrogen-bond donors (Lipinski definition) is 2. The summed E-state index contributed by atoms with van der Waals surface area (Å²) in [6.07, 6.45) is 6.24. The third-order valence-corrected chi connectivity index (χ3v) is 7.13. The quantitative estimate of drug-likeness (QED) is 0.515. The van der Waals surface area contributed by atoms with Gasteiger partial charge in [-0.25, -0.2) is 4.98 Å². The molecule has 0 aliphatic heterocycles. The largest absolute Gasteiger partial charge is 0.349 e. The highest BCUT2D eigenvalue weighted by atomic mass is 32.1. The fourth-order valence-corrected chi connectivity index (χ4v) is 5.33. The van der Waals surface area contributed by atoms with Crippen molar-refractivity contribution in [3.05, 3.63) is 69.4 Å². The third kappa shape index (κ3) is 5.34. The zero-order valence-electron chi connectivity index (χ0n) is 16.7. The van der Waals surface area contributed by atoms with Crippen LogP contribution in [0.2, 0.25) is 0 Å². The number of anilines is 1. The highest BCUT2D eigenvalue weighted by Gasteiger charge is 2.26. The summed E-state index contributed by atoms with van der Waals surface area (Å²) in [6, 6.07) is 13.9. The maximum absolute atomic E-state index is 12.8. The van der Waals surface area contributed by atoms with Gasteiger partial charge in [0.05, 0.1) is 23.0 Å². The van der Waals surface area contributed by atoms with Gasteiger partial charge in [-0.2, -0.15) is 0 Å². The van der Waals surface area contributed by atoms with E-state index in [0.29, 0.717) is 21.6 Å².